The first-order chi connectivity index (χ1) is 15.6. The van der Waals surface area contributed by atoms with Crippen molar-refractivity contribution in [1.82, 2.24) is 0 Å². The molecule has 1 saturated carbocycles. The van der Waals surface area contributed by atoms with Crippen molar-refractivity contribution in [3.8, 4) is 0 Å². The second-order valence-corrected chi connectivity index (χ2v) is 10.6. The minimum atomic E-state index is 0.434. The summed E-state index contributed by atoms with van der Waals surface area (Å²) >= 11 is 0. The summed E-state index contributed by atoms with van der Waals surface area (Å²) in [6.45, 7) is 7.04. The Balaban J connectivity index is 1.28. The molecule has 1 atom stereocenters. The molecule has 0 aliphatic heterocycles. The molecular weight excluding hydrogens is 384 g/mol. The summed E-state index contributed by atoms with van der Waals surface area (Å²) in [5, 5.41) is 0. The summed E-state index contributed by atoms with van der Waals surface area (Å²) in [5.74, 6) is 2.98. The smallest absolute Gasteiger partial charge is 0.0281 e. The van der Waals surface area contributed by atoms with Crippen LogP contribution in [0.3, 0.4) is 0 Å². The molecule has 0 saturated heterocycles. The van der Waals surface area contributed by atoms with Gasteiger partial charge in [0.15, 0.2) is 0 Å². The van der Waals surface area contributed by atoms with E-state index in [0.29, 0.717) is 5.92 Å². The second-order valence-electron chi connectivity index (χ2n) is 10.6. The molecule has 0 radical (unpaired) electrons. The van der Waals surface area contributed by atoms with Crippen molar-refractivity contribution < 1.29 is 0 Å². The zero-order valence-electron chi connectivity index (χ0n) is 20.1. The fraction of sp³-hybridized carbons (Fsp3) is 0.438. The molecule has 0 amide bonds. The fourth-order valence-corrected chi connectivity index (χ4v) is 6.16. The minimum Gasteiger partial charge on any atom is -0.0729 e. The zero-order chi connectivity index (χ0) is 22.1. The topological polar surface area (TPSA) is 0 Å². The van der Waals surface area contributed by atoms with E-state index in [1.54, 1.807) is 11.1 Å². The molecule has 5 rings (SSSR count). The predicted molar refractivity (Wildman–Crippen MR) is 138 cm³/mol. The Hall–Kier alpha value is -2.34. The molecular formula is C32H38. The summed E-state index contributed by atoms with van der Waals surface area (Å²) in [5.41, 5.74) is 10.4. The second kappa shape index (κ2) is 9.26. The Kier molecular flexibility index (Phi) is 6.22. The van der Waals surface area contributed by atoms with Crippen LogP contribution >= 0.6 is 0 Å². The molecule has 4 aliphatic carbocycles. The van der Waals surface area contributed by atoms with Crippen LogP contribution in [0.2, 0.25) is 0 Å². The van der Waals surface area contributed by atoms with Crippen LogP contribution < -0.4 is 0 Å². The Morgan fingerprint density at radius 1 is 0.906 bits per heavy atom. The van der Waals surface area contributed by atoms with Crippen LogP contribution in [0.5, 0.6) is 0 Å². The van der Waals surface area contributed by atoms with Crippen LogP contribution in [0.4, 0.5) is 0 Å². The van der Waals surface area contributed by atoms with E-state index in [1.165, 1.54) is 53.5 Å². The average molecular weight is 423 g/mol. The van der Waals surface area contributed by atoms with Gasteiger partial charge in [0.1, 0.15) is 0 Å². The molecule has 0 N–H and O–H groups in total. The lowest BCUT2D eigenvalue weighted by Gasteiger charge is -2.31. The van der Waals surface area contributed by atoms with E-state index in [2.05, 4.69) is 87.6 Å². The van der Waals surface area contributed by atoms with Gasteiger partial charge in [-0.1, -0.05) is 93.1 Å². The number of hydrogen-bond donors (Lipinski definition) is 0. The zero-order valence-corrected chi connectivity index (χ0v) is 20.1. The van der Waals surface area contributed by atoms with E-state index in [0.717, 1.165) is 37.0 Å². The first-order valence-corrected chi connectivity index (χ1v) is 12.9. The molecule has 0 bridgehead atoms. The molecule has 0 spiro atoms. The van der Waals surface area contributed by atoms with E-state index >= 15 is 0 Å². The summed E-state index contributed by atoms with van der Waals surface area (Å²) in [4.78, 5) is 0. The van der Waals surface area contributed by atoms with Gasteiger partial charge >= 0.3 is 0 Å². The number of hydrogen-bond acceptors (Lipinski definition) is 0. The summed E-state index contributed by atoms with van der Waals surface area (Å²) in [7, 11) is 0. The number of allylic oxidation sites excluding steroid dienone is 12. The molecule has 1 unspecified atom stereocenters. The Labute approximate surface area is 195 Å². The highest BCUT2D eigenvalue weighted by molar-refractivity contribution is 5.61. The molecule has 166 valence electrons. The van der Waals surface area contributed by atoms with Gasteiger partial charge in [-0.2, -0.15) is 0 Å². The lowest BCUT2D eigenvalue weighted by atomic mass is 9.74. The largest absolute Gasteiger partial charge is 0.0729 e. The Bertz CT molecular complexity index is 1020. The highest BCUT2D eigenvalue weighted by Crippen LogP contribution is 2.42. The van der Waals surface area contributed by atoms with Gasteiger partial charge < -0.3 is 0 Å². The Morgan fingerprint density at radius 3 is 2.38 bits per heavy atom. The van der Waals surface area contributed by atoms with Crippen LogP contribution in [0, 0.1) is 17.8 Å². The van der Waals surface area contributed by atoms with Crippen molar-refractivity contribution in [2.45, 2.75) is 71.6 Å². The van der Waals surface area contributed by atoms with Crippen LogP contribution in [-0.2, 0) is 6.42 Å². The number of benzene rings is 1. The van der Waals surface area contributed by atoms with E-state index in [1.807, 2.05) is 0 Å². The van der Waals surface area contributed by atoms with Crippen molar-refractivity contribution in [3.63, 3.8) is 0 Å². The number of fused-ring (bicyclic) bond motifs is 1. The van der Waals surface area contributed by atoms with E-state index < -0.39 is 0 Å². The third-order valence-electron chi connectivity index (χ3n) is 8.38. The van der Waals surface area contributed by atoms with Gasteiger partial charge in [0.2, 0.25) is 0 Å². The van der Waals surface area contributed by atoms with Gasteiger partial charge in [-0.15, -0.1) is 0 Å². The molecule has 0 aromatic heterocycles. The van der Waals surface area contributed by atoms with Crippen LogP contribution in [-0.4, -0.2) is 0 Å². The third kappa shape index (κ3) is 4.29. The molecule has 4 aliphatic rings. The van der Waals surface area contributed by atoms with Gasteiger partial charge in [-0.3, -0.25) is 0 Å². The maximum Gasteiger partial charge on any atom is 0.0281 e. The SMILES string of the molecule is CCC1=CC(C2=CC=C(Cc3ccc(C4CCC(C(C)C)CC4)cc3)C3=CC=CC23)=CC1. The summed E-state index contributed by atoms with van der Waals surface area (Å²) < 4.78 is 0. The third-order valence-corrected chi connectivity index (χ3v) is 8.38. The summed E-state index contributed by atoms with van der Waals surface area (Å²) in [6, 6.07) is 9.61. The molecule has 0 nitrogen and oxygen atoms in total. The average Bonchev–Trinajstić information content (AvgIpc) is 3.50. The monoisotopic (exact) mass is 422 g/mol. The molecule has 1 fully saturated rings. The van der Waals surface area contributed by atoms with Gasteiger partial charge in [-0.25, -0.2) is 0 Å². The van der Waals surface area contributed by atoms with Gasteiger partial charge in [0.25, 0.3) is 0 Å². The normalized spacial score (nSPS) is 27.0. The lowest BCUT2D eigenvalue weighted by molar-refractivity contribution is 0.259. The maximum atomic E-state index is 2.42. The quantitative estimate of drug-likeness (QED) is 0.429. The van der Waals surface area contributed by atoms with Gasteiger partial charge in [-0.05, 0) is 96.1 Å². The highest BCUT2D eigenvalue weighted by Gasteiger charge is 2.28. The van der Waals surface area contributed by atoms with Crippen molar-refractivity contribution in [1.29, 1.82) is 0 Å². The van der Waals surface area contributed by atoms with Crippen molar-refractivity contribution in [2.24, 2.45) is 17.8 Å². The fourth-order valence-electron chi connectivity index (χ4n) is 6.16. The minimum absolute atomic E-state index is 0.434. The van der Waals surface area contributed by atoms with Crippen molar-refractivity contribution in [3.05, 3.63) is 106 Å². The molecule has 32 heavy (non-hydrogen) atoms. The van der Waals surface area contributed by atoms with Crippen molar-refractivity contribution >= 4 is 0 Å². The standard InChI is InChI=1S/C32H38/c1-4-23-8-13-28(20-23)31-19-18-29(30-6-5-7-32(30)31)21-24-9-11-26(12-10-24)27-16-14-25(15-17-27)22(2)3/h5-7,9-13,18-20,22,25,27,32H,4,8,14-17,21H2,1-3H3. The van der Waals surface area contributed by atoms with E-state index in [4.69, 9.17) is 0 Å². The maximum absolute atomic E-state index is 2.42. The van der Waals surface area contributed by atoms with Gasteiger partial charge in [0.05, 0.1) is 0 Å². The van der Waals surface area contributed by atoms with Crippen LogP contribution in [0.1, 0.15) is 76.3 Å². The number of rotatable bonds is 6. The van der Waals surface area contributed by atoms with Crippen LogP contribution in [0.15, 0.2) is 94.7 Å². The first kappa shape index (κ1) is 21.5. The van der Waals surface area contributed by atoms with Crippen LogP contribution in [0.25, 0.3) is 0 Å². The molecule has 1 aromatic carbocycles. The molecule has 0 heteroatoms. The van der Waals surface area contributed by atoms with E-state index in [-0.39, 0.29) is 0 Å². The van der Waals surface area contributed by atoms with Crippen molar-refractivity contribution in [2.75, 3.05) is 0 Å². The molecule has 1 aromatic rings. The Morgan fingerprint density at radius 2 is 1.69 bits per heavy atom. The first-order valence-electron chi connectivity index (χ1n) is 12.9. The highest BCUT2D eigenvalue weighted by atomic mass is 14.3. The van der Waals surface area contributed by atoms with Gasteiger partial charge in [0, 0.05) is 5.92 Å². The van der Waals surface area contributed by atoms with E-state index in [9.17, 15) is 0 Å². The predicted octanol–water partition coefficient (Wildman–Crippen LogP) is 8.80. The summed E-state index contributed by atoms with van der Waals surface area (Å²) in [6.07, 6.45) is 25.4. The molecule has 0 heterocycles. The lowest BCUT2D eigenvalue weighted by Crippen LogP contribution is -2.17.